The van der Waals surface area contributed by atoms with Gasteiger partial charge in [0.25, 0.3) is 0 Å². The van der Waals surface area contributed by atoms with Gasteiger partial charge in [-0.25, -0.2) is 0 Å². The Balaban J connectivity index is 2.13. The van der Waals surface area contributed by atoms with Crippen LogP contribution in [0, 0.1) is 0 Å². The van der Waals surface area contributed by atoms with Gasteiger partial charge >= 0.3 is 0 Å². The standard InChI is InChI=1S/C16H15ClO2/c1-2-15(18)13-8-9-14(17)16(10-13)19-11-12-6-4-3-5-7-12/h3-10H,2,11H2,1H3. The zero-order chi connectivity index (χ0) is 13.7. The van der Waals surface area contributed by atoms with Crippen LogP contribution in [0.1, 0.15) is 29.3 Å². The third-order valence-corrected chi connectivity index (χ3v) is 3.12. The molecule has 0 aliphatic rings. The first-order chi connectivity index (χ1) is 9.20. The van der Waals surface area contributed by atoms with Crippen molar-refractivity contribution < 1.29 is 9.53 Å². The van der Waals surface area contributed by atoms with E-state index in [-0.39, 0.29) is 5.78 Å². The van der Waals surface area contributed by atoms with Gasteiger partial charge in [0, 0.05) is 12.0 Å². The molecule has 0 atom stereocenters. The molecule has 2 aromatic rings. The average molecular weight is 275 g/mol. The SMILES string of the molecule is CCC(=O)c1ccc(Cl)c(OCc2ccccc2)c1. The number of carbonyl (C=O) groups excluding carboxylic acids is 1. The maximum atomic E-state index is 11.7. The summed E-state index contributed by atoms with van der Waals surface area (Å²) in [5, 5.41) is 0.517. The van der Waals surface area contributed by atoms with Gasteiger partial charge in [-0.05, 0) is 23.8 Å². The van der Waals surface area contributed by atoms with Gasteiger partial charge in [-0.15, -0.1) is 0 Å². The van der Waals surface area contributed by atoms with Crippen LogP contribution in [0.3, 0.4) is 0 Å². The Morgan fingerprint density at radius 1 is 1.16 bits per heavy atom. The minimum absolute atomic E-state index is 0.0845. The maximum Gasteiger partial charge on any atom is 0.162 e. The van der Waals surface area contributed by atoms with E-state index in [4.69, 9.17) is 16.3 Å². The Hall–Kier alpha value is -1.80. The number of rotatable bonds is 5. The average Bonchev–Trinajstić information content (AvgIpc) is 2.46. The number of halogens is 1. The molecule has 0 amide bonds. The minimum atomic E-state index is 0.0845. The highest BCUT2D eigenvalue weighted by molar-refractivity contribution is 6.32. The fourth-order valence-corrected chi connectivity index (χ4v) is 1.90. The number of benzene rings is 2. The predicted molar refractivity (Wildman–Crippen MR) is 76.8 cm³/mol. The highest BCUT2D eigenvalue weighted by Crippen LogP contribution is 2.27. The summed E-state index contributed by atoms with van der Waals surface area (Å²) in [7, 11) is 0. The quantitative estimate of drug-likeness (QED) is 0.750. The summed E-state index contributed by atoms with van der Waals surface area (Å²) in [6.07, 6.45) is 0.472. The fourth-order valence-electron chi connectivity index (χ4n) is 1.73. The molecule has 0 heterocycles. The smallest absolute Gasteiger partial charge is 0.162 e. The van der Waals surface area contributed by atoms with Gasteiger partial charge in [0.15, 0.2) is 5.78 Å². The summed E-state index contributed by atoms with van der Waals surface area (Å²) in [4.78, 5) is 11.7. The summed E-state index contributed by atoms with van der Waals surface area (Å²) in [5.74, 6) is 0.631. The van der Waals surface area contributed by atoms with Crippen LogP contribution in [0.5, 0.6) is 5.75 Å². The monoisotopic (exact) mass is 274 g/mol. The predicted octanol–water partition coefficient (Wildman–Crippen LogP) is 4.51. The molecule has 2 aromatic carbocycles. The Morgan fingerprint density at radius 3 is 2.58 bits per heavy atom. The van der Waals surface area contributed by atoms with Gasteiger partial charge in [-0.3, -0.25) is 4.79 Å². The van der Waals surface area contributed by atoms with Crippen molar-refractivity contribution in [2.75, 3.05) is 0 Å². The normalized spacial score (nSPS) is 10.2. The molecule has 0 bridgehead atoms. The van der Waals surface area contributed by atoms with Gasteiger partial charge < -0.3 is 4.74 Å². The molecule has 0 N–H and O–H groups in total. The molecule has 0 aromatic heterocycles. The Kier molecular flexibility index (Phi) is 4.58. The zero-order valence-electron chi connectivity index (χ0n) is 10.7. The van der Waals surface area contributed by atoms with Crippen LogP contribution >= 0.6 is 11.6 Å². The Labute approximate surface area is 118 Å². The van der Waals surface area contributed by atoms with Gasteiger partial charge in [0.05, 0.1) is 5.02 Å². The molecule has 0 aliphatic carbocycles. The highest BCUT2D eigenvalue weighted by Gasteiger charge is 2.08. The molecular weight excluding hydrogens is 260 g/mol. The Bertz CT molecular complexity index is 564. The van der Waals surface area contributed by atoms with Gasteiger partial charge in [0.2, 0.25) is 0 Å². The Morgan fingerprint density at radius 2 is 1.89 bits per heavy atom. The molecular formula is C16H15ClO2. The summed E-state index contributed by atoms with van der Waals surface area (Å²) in [5.41, 5.74) is 1.70. The van der Waals surface area contributed by atoms with Crippen LogP contribution in [0.15, 0.2) is 48.5 Å². The molecule has 0 saturated carbocycles. The van der Waals surface area contributed by atoms with Crippen LogP contribution in [-0.4, -0.2) is 5.78 Å². The second-order valence-electron chi connectivity index (χ2n) is 4.20. The van der Waals surface area contributed by atoms with E-state index in [0.717, 1.165) is 5.56 Å². The van der Waals surface area contributed by atoms with E-state index in [9.17, 15) is 4.79 Å². The van der Waals surface area contributed by atoms with E-state index in [1.165, 1.54) is 0 Å². The molecule has 0 radical (unpaired) electrons. The first-order valence-electron chi connectivity index (χ1n) is 6.20. The van der Waals surface area contributed by atoms with Crippen LogP contribution < -0.4 is 4.74 Å². The molecule has 98 valence electrons. The lowest BCUT2D eigenvalue weighted by Gasteiger charge is -2.09. The van der Waals surface area contributed by atoms with E-state index in [1.807, 2.05) is 37.3 Å². The molecule has 0 unspecified atom stereocenters. The number of hydrogen-bond acceptors (Lipinski definition) is 2. The zero-order valence-corrected chi connectivity index (χ0v) is 11.5. The summed E-state index contributed by atoms with van der Waals surface area (Å²) in [6, 6.07) is 15.0. The lowest BCUT2D eigenvalue weighted by atomic mass is 10.1. The number of Topliss-reactive ketones (excluding diaryl/α,β-unsaturated/α-hetero) is 1. The second-order valence-corrected chi connectivity index (χ2v) is 4.60. The van der Waals surface area contributed by atoms with Crippen molar-refractivity contribution in [3.63, 3.8) is 0 Å². The lowest BCUT2D eigenvalue weighted by molar-refractivity contribution is 0.0987. The third kappa shape index (κ3) is 3.58. The summed E-state index contributed by atoms with van der Waals surface area (Å²) in [6.45, 7) is 2.27. The highest BCUT2D eigenvalue weighted by atomic mass is 35.5. The van der Waals surface area contributed by atoms with Crippen molar-refractivity contribution in [3.8, 4) is 5.75 Å². The van der Waals surface area contributed by atoms with Gasteiger partial charge in [-0.1, -0.05) is 48.9 Å². The number of carbonyl (C=O) groups is 1. The van der Waals surface area contributed by atoms with Crippen molar-refractivity contribution in [2.24, 2.45) is 0 Å². The second kappa shape index (κ2) is 6.39. The molecule has 0 fully saturated rings. The molecule has 2 nitrogen and oxygen atoms in total. The minimum Gasteiger partial charge on any atom is -0.487 e. The van der Waals surface area contributed by atoms with Crippen molar-refractivity contribution >= 4 is 17.4 Å². The van der Waals surface area contributed by atoms with Gasteiger partial charge in [-0.2, -0.15) is 0 Å². The van der Waals surface area contributed by atoms with Crippen molar-refractivity contribution in [1.82, 2.24) is 0 Å². The molecule has 0 spiro atoms. The first kappa shape index (κ1) is 13.6. The fraction of sp³-hybridized carbons (Fsp3) is 0.188. The van der Waals surface area contributed by atoms with Crippen LogP contribution in [0.2, 0.25) is 5.02 Å². The molecule has 0 saturated heterocycles. The van der Waals surface area contributed by atoms with E-state index in [0.29, 0.717) is 29.4 Å². The number of ketones is 1. The van der Waals surface area contributed by atoms with Crippen molar-refractivity contribution in [3.05, 3.63) is 64.7 Å². The largest absolute Gasteiger partial charge is 0.487 e. The number of ether oxygens (including phenoxy) is 1. The van der Waals surface area contributed by atoms with Gasteiger partial charge in [0.1, 0.15) is 12.4 Å². The molecule has 0 aliphatic heterocycles. The summed E-state index contributed by atoms with van der Waals surface area (Å²) >= 11 is 6.07. The summed E-state index contributed by atoms with van der Waals surface area (Å²) < 4.78 is 5.67. The topological polar surface area (TPSA) is 26.3 Å². The van der Waals surface area contributed by atoms with Crippen LogP contribution in [-0.2, 0) is 6.61 Å². The van der Waals surface area contributed by atoms with Crippen molar-refractivity contribution in [1.29, 1.82) is 0 Å². The van der Waals surface area contributed by atoms with Crippen molar-refractivity contribution in [2.45, 2.75) is 20.0 Å². The van der Waals surface area contributed by atoms with E-state index in [2.05, 4.69) is 0 Å². The maximum absolute atomic E-state index is 11.7. The molecule has 19 heavy (non-hydrogen) atoms. The first-order valence-corrected chi connectivity index (χ1v) is 6.58. The van der Waals surface area contributed by atoms with E-state index < -0.39 is 0 Å². The molecule has 2 rings (SSSR count). The van der Waals surface area contributed by atoms with Crippen LogP contribution in [0.4, 0.5) is 0 Å². The van der Waals surface area contributed by atoms with E-state index >= 15 is 0 Å². The lowest BCUT2D eigenvalue weighted by Crippen LogP contribution is -2.00. The molecule has 3 heteroatoms. The van der Waals surface area contributed by atoms with E-state index in [1.54, 1.807) is 18.2 Å². The number of hydrogen-bond donors (Lipinski definition) is 0. The third-order valence-electron chi connectivity index (χ3n) is 2.81. The van der Waals surface area contributed by atoms with Crippen LogP contribution in [0.25, 0.3) is 0 Å².